The number of aromatic carboxylic acids is 1. The van der Waals surface area contributed by atoms with Crippen molar-refractivity contribution in [3.05, 3.63) is 144 Å². The summed E-state index contributed by atoms with van der Waals surface area (Å²) in [5.41, 5.74) is 6.49. The second-order valence-corrected chi connectivity index (χ2v) is 16.2. The highest BCUT2D eigenvalue weighted by Gasteiger charge is 2.28. The summed E-state index contributed by atoms with van der Waals surface area (Å²) in [5, 5.41) is 17.8. The van der Waals surface area contributed by atoms with Gasteiger partial charge >= 0.3 is 18.3 Å². The maximum atomic E-state index is 12.8. The van der Waals surface area contributed by atoms with Gasteiger partial charge in [-0.2, -0.15) is 26.3 Å². The van der Waals surface area contributed by atoms with Crippen LogP contribution < -0.4 is 34.9 Å². The van der Waals surface area contributed by atoms with Crippen LogP contribution in [-0.2, 0) is 0 Å². The third kappa shape index (κ3) is 12.9. The van der Waals surface area contributed by atoms with E-state index in [2.05, 4.69) is 25.9 Å². The van der Waals surface area contributed by atoms with Gasteiger partial charge in [0.2, 0.25) is 0 Å². The second kappa shape index (κ2) is 22.1. The molecule has 72 heavy (non-hydrogen) atoms. The van der Waals surface area contributed by atoms with Crippen LogP contribution in [0.1, 0.15) is 51.6 Å². The van der Waals surface area contributed by atoms with Crippen molar-refractivity contribution in [3.63, 3.8) is 0 Å². The van der Waals surface area contributed by atoms with Gasteiger partial charge in [-0.1, -0.05) is 24.3 Å². The third-order valence-corrected chi connectivity index (χ3v) is 11.0. The van der Waals surface area contributed by atoms with Crippen molar-refractivity contribution in [2.24, 2.45) is 0 Å². The van der Waals surface area contributed by atoms with Gasteiger partial charge in [0.15, 0.2) is 11.3 Å². The summed E-state index contributed by atoms with van der Waals surface area (Å²) < 4.78 is 102. The summed E-state index contributed by atoms with van der Waals surface area (Å²) in [6.45, 7) is 5.26. The number of benzene rings is 4. The van der Waals surface area contributed by atoms with Gasteiger partial charge in [0.1, 0.15) is 34.5 Å². The Bertz CT molecular complexity index is 3220. The first-order chi connectivity index (χ1) is 34.3. The number of hydrogen-bond donors (Lipinski definition) is 4. The first-order valence-corrected chi connectivity index (χ1v) is 22.3. The number of ether oxygens (including phenoxy) is 4. The molecule has 0 spiro atoms. The van der Waals surface area contributed by atoms with Gasteiger partial charge in [-0.3, -0.25) is 13.6 Å². The Labute approximate surface area is 409 Å². The number of aryl methyl sites for hydroxylation is 2. The molecule has 0 bridgehead atoms. The van der Waals surface area contributed by atoms with E-state index < -0.39 is 31.2 Å². The maximum absolute atomic E-state index is 12.8. The Hall–Kier alpha value is -8.42. The number of aromatic nitrogens is 4. The van der Waals surface area contributed by atoms with Crippen LogP contribution in [0.4, 0.5) is 37.7 Å². The second-order valence-electron chi connectivity index (χ2n) is 16.2. The molecule has 0 saturated heterocycles. The monoisotopic (exact) mass is 997 g/mol. The van der Waals surface area contributed by atoms with Gasteiger partial charge in [0, 0.05) is 60.6 Å². The number of nitrogens with one attached hydrogen (secondary N) is 3. The van der Waals surface area contributed by atoms with Crippen LogP contribution >= 0.6 is 0 Å². The summed E-state index contributed by atoms with van der Waals surface area (Å²) in [5.74, 6) is 1.74. The standard InChI is InChI=1S/C27H27F3N4O3.C25H22F3N3O4/c1-4-31-26(35)22-9-8-18(12-17(22)2)24-15-33-25-23(32-11-10-27(28,29)30)14-21(16-34(24)25)37-20-7-5-6-19(13-20)36-3;1-15-10-16(6-7-20(15)24(32)33)22-13-30-23-21(29-9-8-25(26,27)28)12-19(14-31(22)23)35-18-5-3-4-17(11-18)34-2/h5-9,12-16,32H,4,10-11H2,1-3H3,(H,31,35);3-7,10-14,29H,8-9H2,1-2H3,(H,32,33). The molecule has 0 fully saturated rings. The number of imidazole rings is 2. The molecule has 376 valence electrons. The number of halogens is 6. The number of carboxylic acids is 1. The molecule has 0 aliphatic rings. The molecular weight excluding hydrogens is 949 g/mol. The summed E-state index contributed by atoms with van der Waals surface area (Å²) in [6.07, 6.45) is -3.98. The number of carbonyl (C=O) groups excluding carboxylic acids is 1. The molecule has 4 aromatic carbocycles. The molecule has 0 aliphatic heterocycles. The van der Waals surface area contributed by atoms with Crippen LogP contribution in [0.3, 0.4) is 0 Å². The van der Waals surface area contributed by atoms with E-state index >= 15 is 0 Å². The van der Waals surface area contributed by atoms with E-state index in [-0.39, 0.29) is 24.6 Å². The number of methoxy groups -OCH3 is 2. The predicted octanol–water partition coefficient (Wildman–Crippen LogP) is 12.4. The lowest BCUT2D eigenvalue weighted by atomic mass is 10.0. The van der Waals surface area contributed by atoms with Crippen LogP contribution in [0.2, 0.25) is 0 Å². The average molecular weight is 998 g/mol. The molecule has 1 amide bonds. The van der Waals surface area contributed by atoms with E-state index in [4.69, 9.17) is 18.9 Å². The lowest BCUT2D eigenvalue weighted by Crippen LogP contribution is -2.23. The van der Waals surface area contributed by atoms with E-state index in [1.807, 2.05) is 26.0 Å². The highest BCUT2D eigenvalue weighted by Crippen LogP contribution is 2.35. The highest BCUT2D eigenvalue weighted by atomic mass is 19.4. The number of amides is 1. The zero-order valence-electron chi connectivity index (χ0n) is 39.5. The number of nitrogens with zero attached hydrogens (tertiary/aromatic N) is 4. The molecular formula is C52H49F6N7O7. The number of rotatable bonds is 17. The average Bonchev–Trinajstić information content (AvgIpc) is 3.96. The van der Waals surface area contributed by atoms with Crippen LogP contribution in [0.15, 0.2) is 122 Å². The molecule has 20 heteroatoms. The number of hydrogen-bond acceptors (Lipinski definition) is 10. The smallest absolute Gasteiger partial charge is 0.390 e. The summed E-state index contributed by atoms with van der Waals surface area (Å²) in [4.78, 5) is 32.6. The molecule has 0 radical (unpaired) electrons. The first kappa shape index (κ1) is 51.4. The van der Waals surface area contributed by atoms with Gasteiger partial charge in [-0.05, 0) is 80.4 Å². The Morgan fingerprint density at radius 2 is 1.03 bits per heavy atom. The van der Waals surface area contributed by atoms with Gasteiger partial charge in [0.25, 0.3) is 5.91 Å². The number of pyridine rings is 2. The Morgan fingerprint density at radius 3 is 1.42 bits per heavy atom. The van der Waals surface area contributed by atoms with Crippen molar-refractivity contribution in [1.82, 2.24) is 24.1 Å². The van der Waals surface area contributed by atoms with Crippen LogP contribution in [0, 0.1) is 13.8 Å². The number of anilines is 2. The van der Waals surface area contributed by atoms with E-state index in [1.54, 1.807) is 126 Å². The summed E-state index contributed by atoms with van der Waals surface area (Å²) in [7, 11) is 3.08. The van der Waals surface area contributed by atoms with Crippen molar-refractivity contribution in [3.8, 4) is 57.0 Å². The number of alkyl halides is 6. The number of fused-ring (bicyclic) bond motifs is 2. The van der Waals surface area contributed by atoms with Gasteiger partial charge in [-0.25, -0.2) is 14.8 Å². The minimum atomic E-state index is -4.30. The molecule has 4 aromatic heterocycles. The first-order valence-electron chi connectivity index (χ1n) is 22.3. The molecule has 4 N–H and O–H groups in total. The molecule has 14 nitrogen and oxygen atoms in total. The normalized spacial score (nSPS) is 11.4. The molecule has 0 unspecified atom stereocenters. The number of carbonyl (C=O) groups is 2. The summed E-state index contributed by atoms with van der Waals surface area (Å²) >= 11 is 0. The summed E-state index contributed by atoms with van der Waals surface area (Å²) in [6, 6.07) is 27.5. The molecule has 4 heterocycles. The van der Waals surface area contributed by atoms with E-state index in [0.717, 1.165) is 11.1 Å². The molecule has 0 aliphatic carbocycles. The minimum absolute atomic E-state index is 0.158. The van der Waals surface area contributed by atoms with Crippen LogP contribution in [0.25, 0.3) is 33.8 Å². The van der Waals surface area contributed by atoms with E-state index in [1.165, 1.54) is 13.2 Å². The predicted molar refractivity (Wildman–Crippen MR) is 260 cm³/mol. The third-order valence-electron chi connectivity index (χ3n) is 11.0. The van der Waals surface area contributed by atoms with Crippen molar-refractivity contribution < 1.29 is 60.0 Å². The fourth-order valence-corrected chi connectivity index (χ4v) is 7.60. The lowest BCUT2D eigenvalue weighted by Gasteiger charge is -2.14. The zero-order chi connectivity index (χ0) is 51.7. The fraction of sp³-hybridized carbons (Fsp3) is 0.231. The van der Waals surface area contributed by atoms with Crippen molar-refractivity contribution in [2.45, 2.75) is 46.0 Å². The SMILES string of the molecule is CCNC(=O)c1ccc(-c2cnc3c(NCCC(F)(F)F)cc(Oc4cccc(OC)c4)cn23)cc1C.COc1cccc(Oc2cc(NCCC(F)(F)F)c3ncc(-c4ccc(C(=O)O)c(C)c4)n3c2)c1. The van der Waals surface area contributed by atoms with Gasteiger partial charge in [-0.15, -0.1) is 0 Å². The number of carboxylic acid groups (broad SMARTS) is 1. The maximum Gasteiger partial charge on any atom is 0.390 e. The van der Waals surface area contributed by atoms with Gasteiger partial charge < -0.3 is 40.0 Å². The van der Waals surface area contributed by atoms with E-state index in [9.17, 15) is 41.0 Å². The molecule has 8 aromatic rings. The minimum Gasteiger partial charge on any atom is -0.497 e. The molecule has 0 atom stereocenters. The Kier molecular flexibility index (Phi) is 15.8. The molecule has 8 rings (SSSR count). The van der Waals surface area contributed by atoms with E-state index in [0.29, 0.717) is 91.8 Å². The van der Waals surface area contributed by atoms with Crippen LogP contribution in [-0.4, -0.2) is 82.0 Å². The topological polar surface area (TPSA) is 162 Å². The lowest BCUT2D eigenvalue weighted by molar-refractivity contribution is -0.132. The van der Waals surface area contributed by atoms with Gasteiger partial charge in [0.05, 0.1) is 80.2 Å². The fourth-order valence-electron chi connectivity index (χ4n) is 7.60. The largest absolute Gasteiger partial charge is 0.497 e. The quantitative estimate of drug-likeness (QED) is 0.0643. The zero-order valence-corrected chi connectivity index (χ0v) is 39.5. The Balaban J connectivity index is 0.000000212. The van der Waals surface area contributed by atoms with Crippen LogP contribution in [0.5, 0.6) is 34.5 Å². The van der Waals surface area contributed by atoms with Crippen molar-refractivity contribution >= 4 is 34.5 Å². The van der Waals surface area contributed by atoms with Crippen molar-refractivity contribution in [2.75, 3.05) is 44.5 Å². The Morgan fingerprint density at radius 1 is 0.597 bits per heavy atom. The molecule has 0 saturated carbocycles. The highest BCUT2D eigenvalue weighted by molar-refractivity contribution is 5.96. The van der Waals surface area contributed by atoms with Crippen molar-refractivity contribution in [1.29, 1.82) is 0 Å².